The molecule has 0 aliphatic heterocycles. The van der Waals surface area contributed by atoms with Gasteiger partial charge in [-0.3, -0.25) is 24.2 Å². The maximum atomic E-state index is 12.1. The summed E-state index contributed by atoms with van der Waals surface area (Å²) in [4.78, 5) is 45.7. The van der Waals surface area contributed by atoms with Crippen LogP contribution in [0.25, 0.3) is 6.08 Å². The predicted octanol–water partition coefficient (Wildman–Crippen LogP) is 0.575. The standard InChI is InChI=1S/C16H17N2O5/c1-2-15(21)18(17-10-16(22)23)13(11-19)14(20)9-8-12-6-4-3-5-7-12/h3-9,13,17H,2,10H2,1H3,(H,22,23). The Bertz CT molecular complexity index is 598. The van der Waals surface area contributed by atoms with E-state index in [-0.39, 0.29) is 6.42 Å². The molecule has 1 unspecified atom stereocenters. The second-order valence-corrected chi connectivity index (χ2v) is 4.51. The van der Waals surface area contributed by atoms with Crippen molar-refractivity contribution in [3.05, 3.63) is 42.0 Å². The summed E-state index contributed by atoms with van der Waals surface area (Å²) >= 11 is 0. The van der Waals surface area contributed by atoms with Crippen LogP contribution < -0.4 is 5.43 Å². The fourth-order valence-corrected chi connectivity index (χ4v) is 1.72. The van der Waals surface area contributed by atoms with E-state index in [0.29, 0.717) is 5.01 Å². The normalized spacial score (nSPS) is 11.9. The molecule has 0 aliphatic rings. The first-order chi connectivity index (χ1) is 11.0. The molecule has 1 rings (SSSR count). The maximum absolute atomic E-state index is 12.1. The van der Waals surface area contributed by atoms with E-state index < -0.39 is 30.2 Å². The first-order valence-corrected chi connectivity index (χ1v) is 6.91. The average Bonchev–Trinajstić information content (AvgIpc) is 2.56. The molecule has 0 aliphatic carbocycles. The van der Waals surface area contributed by atoms with Gasteiger partial charge in [0.15, 0.2) is 11.8 Å². The highest BCUT2D eigenvalue weighted by Gasteiger charge is 2.28. The monoisotopic (exact) mass is 317 g/mol. The number of amides is 1. The van der Waals surface area contributed by atoms with E-state index in [9.17, 15) is 19.2 Å². The number of rotatable bonds is 9. The van der Waals surface area contributed by atoms with Gasteiger partial charge in [-0.1, -0.05) is 43.3 Å². The highest BCUT2D eigenvalue weighted by molar-refractivity contribution is 6.08. The lowest BCUT2D eigenvalue weighted by atomic mass is 10.1. The minimum absolute atomic E-state index is 0.000475. The molecule has 1 amide bonds. The van der Waals surface area contributed by atoms with E-state index in [1.54, 1.807) is 24.3 Å². The Morgan fingerprint density at radius 1 is 1.30 bits per heavy atom. The van der Waals surface area contributed by atoms with Gasteiger partial charge in [0.25, 0.3) is 0 Å². The van der Waals surface area contributed by atoms with Crippen LogP contribution in [0, 0.1) is 0 Å². The van der Waals surface area contributed by atoms with Crippen LogP contribution in [0.2, 0.25) is 0 Å². The Morgan fingerprint density at radius 3 is 2.48 bits per heavy atom. The molecular weight excluding hydrogens is 300 g/mol. The maximum Gasteiger partial charge on any atom is 0.319 e. The Morgan fingerprint density at radius 2 is 1.96 bits per heavy atom. The number of hydrogen-bond acceptors (Lipinski definition) is 5. The number of nitrogens with zero attached hydrogens (tertiary/aromatic N) is 1. The molecule has 0 fully saturated rings. The number of benzene rings is 1. The van der Waals surface area contributed by atoms with Crippen LogP contribution in [0.4, 0.5) is 0 Å². The van der Waals surface area contributed by atoms with Crippen LogP contribution in [0.1, 0.15) is 18.9 Å². The van der Waals surface area contributed by atoms with Crippen molar-refractivity contribution in [1.82, 2.24) is 10.4 Å². The van der Waals surface area contributed by atoms with Gasteiger partial charge in [0.2, 0.25) is 12.2 Å². The van der Waals surface area contributed by atoms with Gasteiger partial charge in [-0.05, 0) is 11.6 Å². The molecule has 1 radical (unpaired) electrons. The van der Waals surface area contributed by atoms with Gasteiger partial charge in [-0.15, -0.1) is 0 Å². The molecule has 0 saturated carbocycles. The summed E-state index contributed by atoms with van der Waals surface area (Å²) in [6, 6.07) is 7.38. The molecule has 0 bridgehead atoms. The number of hydrazine groups is 1. The van der Waals surface area contributed by atoms with Gasteiger partial charge < -0.3 is 5.11 Å². The number of carboxylic acid groups (broad SMARTS) is 1. The lowest BCUT2D eigenvalue weighted by Gasteiger charge is -2.25. The summed E-state index contributed by atoms with van der Waals surface area (Å²) in [6.07, 6.45) is 4.13. The molecule has 0 aromatic heterocycles. The Hall–Kier alpha value is -2.80. The zero-order chi connectivity index (χ0) is 17.2. The second kappa shape index (κ2) is 9.26. The molecule has 7 nitrogen and oxygen atoms in total. The van der Waals surface area contributed by atoms with Crippen molar-refractivity contribution in [2.45, 2.75) is 19.4 Å². The van der Waals surface area contributed by atoms with Crippen molar-refractivity contribution in [2.24, 2.45) is 0 Å². The number of carboxylic acids is 1. The highest BCUT2D eigenvalue weighted by Crippen LogP contribution is 2.05. The van der Waals surface area contributed by atoms with Gasteiger partial charge in [0.1, 0.15) is 6.54 Å². The second-order valence-electron chi connectivity index (χ2n) is 4.51. The predicted molar refractivity (Wildman–Crippen MR) is 82.7 cm³/mol. The summed E-state index contributed by atoms with van der Waals surface area (Å²) in [5, 5.41) is 9.37. The van der Waals surface area contributed by atoms with E-state index >= 15 is 0 Å². The molecule has 7 heteroatoms. The van der Waals surface area contributed by atoms with Gasteiger partial charge in [0, 0.05) is 6.42 Å². The van der Waals surface area contributed by atoms with Gasteiger partial charge in [-0.25, -0.2) is 5.43 Å². The third kappa shape index (κ3) is 5.84. The molecule has 1 aromatic carbocycles. The summed E-state index contributed by atoms with van der Waals surface area (Å²) in [7, 11) is 0. The number of hydrogen-bond donors (Lipinski definition) is 2. The van der Waals surface area contributed by atoms with Gasteiger partial charge in [-0.2, -0.15) is 0 Å². The zero-order valence-electron chi connectivity index (χ0n) is 12.6. The zero-order valence-corrected chi connectivity index (χ0v) is 12.6. The van der Waals surface area contributed by atoms with Crippen molar-refractivity contribution in [2.75, 3.05) is 6.54 Å². The van der Waals surface area contributed by atoms with E-state index in [1.165, 1.54) is 19.3 Å². The topological polar surface area (TPSA) is 104 Å². The lowest BCUT2D eigenvalue weighted by molar-refractivity contribution is -0.143. The third-order valence-electron chi connectivity index (χ3n) is 2.85. The summed E-state index contributed by atoms with van der Waals surface area (Å²) in [5.74, 6) is -2.49. The fraction of sp³-hybridized carbons (Fsp3) is 0.250. The number of carbonyl (C=O) groups is 3. The van der Waals surface area contributed by atoms with Crippen molar-refractivity contribution < 1.29 is 24.3 Å². The van der Waals surface area contributed by atoms with Gasteiger partial charge >= 0.3 is 5.97 Å². The molecule has 0 saturated heterocycles. The molecule has 23 heavy (non-hydrogen) atoms. The third-order valence-corrected chi connectivity index (χ3v) is 2.85. The quantitative estimate of drug-likeness (QED) is 0.392. The van der Waals surface area contributed by atoms with Crippen LogP contribution in [0.5, 0.6) is 0 Å². The van der Waals surface area contributed by atoms with Crippen molar-refractivity contribution in [3.8, 4) is 0 Å². The van der Waals surface area contributed by atoms with E-state index in [1.807, 2.05) is 6.07 Å². The number of ketones is 1. The Kier molecular flexibility index (Phi) is 7.35. The molecular formula is C16H17N2O5. The lowest BCUT2D eigenvalue weighted by Crippen LogP contribution is -2.54. The number of aliphatic carboxylic acids is 1. The largest absolute Gasteiger partial charge is 0.480 e. The van der Waals surface area contributed by atoms with Crippen molar-refractivity contribution >= 4 is 30.0 Å². The summed E-state index contributed by atoms with van der Waals surface area (Å²) in [5.41, 5.74) is 3.01. The van der Waals surface area contributed by atoms with Crippen LogP contribution in [0.3, 0.4) is 0 Å². The van der Waals surface area contributed by atoms with Crippen LogP contribution in [-0.4, -0.2) is 46.6 Å². The Labute approximate surface area is 133 Å². The fourth-order valence-electron chi connectivity index (χ4n) is 1.72. The minimum atomic E-state index is -1.54. The van der Waals surface area contributed by atoms with Crippen molar-refractivity contribution in [1.29, 1.82) is 0 Å². The number of nitrogens with one attached hydrogen (secondary N) is 1. The Balaban J connectivity index is 2.89. The highest BCUT2D eigenvalue weighted by atomic mass is 16.4. The van der Waals surface area contributed by atoms with E-state index in [2.05, 4.69) is 5.43 Å². The minimum Gasteiger partial charge on any atom is -0.480 e. The SMILES string of the molecule is CCC(=O)N(NCC(=O)O)C([C]=O)C(=O)C=Cc1ccccc1. The average molecular weight is 317 g/mol. The smallest absolute Gasteiger partial charge is 0.319 e. The first-order valence-electron chi connectivity index (χ1n) is 6.91. The van der Waals surface area contributed by atoms with Crippen LogP contribution >= 0.6 is 0 Å². The van der Waals surface area contributed by atoms with E-state index in [4.69, 9.17) is 5.11 Å². The summed E-state index contributed by atoms with van der Waals surface area (Å²) in [6.45, 7) is 0.934. The first kappa shape index (κ1) is 18.2. The molecule has 2 N–H and O–H groups in total. The van der Waals surface area contributed by atoms with E-state index in [0.717, 1.165) is 11.6 Å². The number of carbonyl (C=O) groups excluding carboxylic acids is 3. The summed E-state index contributed by atoms with van der Waals surface area (Å²) < 4.78 is 0. The van der Waals surface area contributed by atoms with Gasteiger partial charge in [0.05, 0.1) is 0 Å². The molecule has 1 aromatic rings. The molecule has 0 spiro atoms. The van der Waals surface area contributed by atoms with Crippen LogP contribution in [0.15, 0.2) is 36.4 Å². The van der Waals surface area contributed by atoms with Crippen molar-refractivity contribution in [3.63, 3.8) is 0 Å². The molecule has 121 valence electrons. The molecule has 0 heterocycles. The molecule has 1 atom stereocenters. The van der Waals surface area contributed by atoms with Crippen LogP contribution in [-0.2, 0) is 19.2 Å².